The second kappa shape index (κ2) is 4.54. The van der Waals surface area contributed by atoms with Crippen molar-refractivity contribution in [3.63, 3.8) is 0 Å². The fourth-order valence-electron chi connectivity index (χ4n) is 1.49. The molecule has 0 saturated heterocycles. The summed E-state index contributed by atoms with van der Waals surface area (Å²) in [5.74, 6) is 0.637. The lowest BCUT2D eigenvalue weighted by Gasteiger charge is -2.13. The quantitative estimate of drug-likeness (QED) is 0.772. The van der Waals surface area contributed by atoms with E-state index in [0.717, 1.165) is 0 Å². The number of rotatable bonds is 4. The molecule has 17 heavy (non-hydrogen) atoms. The van der Waals surface area contributed by atoms with Gasteiger partial charge >= 0.3 is 0 Å². The minimum absolute atomic E-state index is 0.127. The minimum Gasteiger partial charge on any atom is -0.370 e. The fourth-order valence-corrected chi connectivity index (χ4v) is 1.67. The molecule has 3 N–H and O–H groups in total. The molecule has 1 unspecified atom stereocenters. The molecule has 7 nitrogen and oxygen atoms in total. The Morgan fingerprint density at radius 3 is 3.18 bits per heavy atom. The van der Waals surface area contributed by atoms with Gasteiger partial charge in [0.1, 0.15) is 17.3 Å². The first kappa shape index (κ1) is 11.6. The van der Waals surface area contributed by atoms with Gasteiger partial charge in [-0.15, -0.1) is 0 Å². The molecule has 0 aromatic carbocycles. The van der Waals surface area contributed by atoms with E-state index >= 15 is 0 Å². The zero-order chi connectivity index (χ0) is 12.4. The minimum atomic E-state index is -0.375. The molecule has 0 bridgehead atoms. The number of amides is 1. The summed E-state index contributed by atoms with van der Waals surface area (Å²) < 4.78 is 1.50. The summed E-state index contributed by atoms with van der Waals surface area (Å²) in [6.07, 6.45) is 1.60. The van der Waals surface area contributed by atoms with Crippen molar-refractivity contribution in [3.8, 4) is 0 Å². The first-order valence-electron chi connectivity index (χ1n) is 4.97. The largest absolute Gasteiger partial charge is 0.370 e. The molecule has 0 aliphatic rings. The highest BCUT2D eigenvalue weighted by molar-refractivity contribution is 6.29. The summed E-state index contributed by atoms with van der Waals surface area (Å²) >= 11 is 5.85. The van der Waals surface area contributed by atoms with E-state index in [9.17, 15) is 4.79 Å². The average Bonchev–Trinajstić information content (AvgIpc) is 2.63. The number of nitrogens with zero attached hydrogens (tertiary/aromatic N) is 4. The van der Waals surface area contributed by atoms with Gasteiger partial charge in [-0.2, -0.15) is 19.6 Å². The smallest absolute Gasteiger partial charge is 0.255 e. The molecule has 1 amide bonds. The van der Waals surface area contributed by atoms with Crippen LogP contribution >= 0.6 is 11.6 Å². The number of aromatic nitrogens is 4. The van der Waals surface area contributed by atoms with Crippen LogP contribution in [0.2, 0.25) is 5.15 Å². The molecular formula is C9H11ClN6O. The number of anilines is 1. The highest BCUT2D eigenvalue weighted by Gasteiger charge is 2.10. The molecule has 2 heterocycles. The first-order valence-corrected chi connectivity index (χ1v) is 5.35. The number of hydrogen-bond donors (Lipinski definition) is 2. The predicted octanol–water partition coefficient (Wildman–Crippen LogP) is 0.453. The number of nitrogens with two attached hydrogens (primary N) is 1. The van der Waals surface area contributed by atoms with Gasteiger partial charge in [0, 0.05) is 18.5 Å². The number of hydrogen-bond acceptors (Lipinski definition) is 5. The number of primary amides is 1. The number of fused-ring (bicyclic) bond motifs is 1. The molecule has 2 aromatic heterocycles. The fraction of sp³-hybridized carbons (Fsp3) is 0.333. The summed E-state index contributed by atoms with van der Waals surface area (Å²) in [5.41, 5.74) is 5.12. The maximum absolute atomic E-state index is 10.8. The molecule has 0 aliphatic heterocycles. The number of carbonyl (C=O) groups is 1. The second-order valence-electron chi connectivity index (χ2n) is 3.65. The van der Waals surface area contributed by atoms with Crippen LogP contribution in [0.25, 0.3) is 5.78 Å². The Kier molecular flexibility index (Phi) is 3.10. The van der Waals surface area contributed by atoms with Gasteiger partial charge in [-0.1, -0.05) is 11.6 Å². The molecule has 2 aromatic rings. The van der Waals surface area contributed by atoms with Crippen LogP contribution < -0.4 is 11.1 Å². The summed E-state index contributed by atoms with van der Waals surface area (Å²) in [5, 5.41) is 7.38. The van der Waals surface area contributed by atoms with Crippen LogP contribution in [-0.4, -0.2) is 31.5 Å². The van der Waals surface area contributed by atoms with Crippen molar-refractivity contribution in [2.45, 2.75) is 19.4 Å². The van der Waals surface area contributed by atoms with Crippen molar-refractivity contribution in [2.75, 3.05) is 5.32 Å². The van der Waals surface area contributed by atoms with Gasteiger partial charge in [0.2, 0.25) is 5.91 Å². The van der Waals surface area contributed by atoms with Crippen molar-refractivity contribution in [3.05, 3.63) is 17.5 Å². The average molecular weight is 255 g/mol. The predicted molar refractivity (Wildman–Crippen MR) is 62.7 cm³/mol. The van der Waals surface area contributed by atoms with Crippen LogP contribution in [0.5, 0.6) is 0 Å². The number of halogens is 1. The SMILES string of the molecule is CC(CC(N)=O)Nc1cc(Cl)nc2ncnn12. The highest BCUT2D eigenvalue weighted by Crippen LogP contribution is 2.15. The van der Waals surface area contributed by atoms with Crippen LogP contribution in [-0.2, 0) is 4.79 Å². The zero-order valence-corrected chi connectivity index (χ0v) is 9.85. The standard InChI is InChI=1S/C9H11ClN6O/c1-5(2-7(11)17)14-8-3-6(10)15-9-12-4-13-16(8)9/h3-5,14H,2H2,1H3,(H2,11,17). The van der Waals surface area contributed by atoms with Gasteiger partial charge in [-0.3, -0.25) is 4.79 Å². The molecule has 8 heteroatoms. The monoisotopic (exact) mass is 254 g/mol. The summed E-state index contributed by atoms with van der Waals surface area (Å²) in [6, 6.07) is 1.49. The van der Waals surface area contributed by atoms with Crippen molar-refractivity contribution in [1.82, 2.24) is 19.6 Å². The molecule has 0 saturated carbocycles. The van der Waals surface area contributed by atoms with Crippen LogP contribution in [0.15, 0.2) is 12.4 Å². The summed E-state index contributed by atoms with van der Waals surface area (Å²) in [7, 11) is 0. The lowest BCUT2D eigenvalue weighted by Crippen LogP contribution is -2.25. The topological polar surface area (TPSA) is 98.2 Å². The number of nitrogens with one attached hydrogen (secondary N) is 1. The van der Waals surface area contributed by atoms with E-state index in [0.29, 0.717) is 16.7 Å². The molecule has 0 spiro atoms. The maximum atomic E-state index is 10.8. The Bertz CT molecular complexity index is 553. The Morgan fingerprint density at radius 2 is 2.47 bits per heavy atom. The Morgan fingerprint density at radius 1 is 1.71 bits per heavy atom. The molecule has 90 valence electrons. The highest BCUT2D eigenvalue weighted by atomic mass is 35.5. The molecule has 0 fully saturated rings. The maximum Gasteiger partial charge on any atom is 0.255 e. The zero-order valence-electron chi connectivity index (χ0n) is 9.09. The lowest BCUT2D eigenvalue weighted by atomic mass is 10.2. The molecule has 2 rings (SSSR count). The van der Waals surface area contributed by atoms with Gasteiger partial charge in [-0.25, -0.2) is 0 Å². The molecule has 0 aliphatic carbocycles. The number of carbonyl (C=O) groups excluding carboxylic acids is 1. The third-order valence-electron chi connectivity index (χ3n) is 2.12. The van der Waals surface area contributed by atoms with Crippen molar-refractivity contribution >= 4 is 29.1 Å². The summed E-state index contributed by atoms with van der Waals surface area (Å²) in [4.78, 5) is 18.7. The van der Waals surface area contributed by atoms with E-state index in [-0.39, 0.29) is 18.4 Å². The first-order chi connectivity index (χ1) is 8.06. The van der Waals surface area contributed by atoms with E-state index in [1.54, 1.807) is 6.07 Å². The van der Waals surface area contributed by atoms with Gasteiger partial charge < -0.3 is 11.1 Å². The van der Waals surface area contributed by atoms with E-state index in [4.69, 9.17) is 17.3 Å². The third-order valence-corrected chi connectivity index (χ3v) is 2.32. The Hall–Kier alpha value is -1.89. The Labute approximate surface area is 102 Å². The van der Waals surface area contributed by atoms with Crippen molar-refractivity contribution in [1.29, 1.82) is 0 Å². The second-order valence-corrected chi connectivity index (χ2v) is 4.04. The summed E-state index contributed by atoms with van der Waals surface area (Å²) in [6.45, 7) is 1.84. The van der Waals surface area contributed by atoms with E-state index in [2.05, 4.69) is 20.4 Å². The van der Waals surface area contributed by atoms with Crippen LogP contribution in [0.3, 0.4) is 0 Å². The van der Waals surface area contributed by atoms with Crippen LogP contribution in [0.4, 0.5) is 5.82 Å². The normalized spacial score (nSPS) is 12.6. The van der Waals surface area contributed by atoms with Gasteiger partial charge in [-0.05, 0) is 6.92 Å². The van der Waals surface area contributed by atoms with Crippen LogP contribution in [0, 0.1) is 0 Å². The van der Waals surface area contributed by atoms with Gasteiger partial charge in [0.25, 0.3) is 5.78 Å². The Balaban J connectivity index is 2.28. The van der Waals surface area contributed by atoms with Gasteiger partial charge in [0.05, 0.1) is 0 Å². The van der Waals surface area contributed by atoms with Crippen molar-refractivity contribution < 1.29 is 4.79 Å². The molecule has 1 atom stereocenters. The lowest BCUT2D eigenvalue weighted by molar-refractivity contribution is -0.118. The van der Waals surface area contributed by atoms with Gasteiger partial charge in [0.15, 0.2) is 0 Å². The van der Waals surface area contributed by atoms with E-state index in [1.165, 1.54) is 10.8 Å². The van der Waals surface area contributed by atoms with E-state index in [1.807, 2.05) is 6.92 Å². The third kappa shape index (κ3) is 2.62. The van der Waals surface area contributed by atoms with Crippen molar-refractivity contribution in [2.24, 2.45) is 5.73 Å². The molecule has 0 radical (unpaired) electrons. The van der Waals surface area contributed by atoms with E-state index < -0.39 is 0 Å². The molecular weight excluding hydrogens is 244 g/mol. The van der Waals surface area contributed by atoms with Crippen LogP contribution in [0.1, 0.15) is 13.3 Å².